The van der Waals surface area contributed by atoms with E-state index in [1.807, 2.05) is 13.8 Å². The predicted molar refractivity (Wildman–Crippen MR) is 148 cm³/mol. The van der Waals surface area contributed by atoms with E-state index in [4.69, 9.17) is 13.9 Å². The molecule has 4 nitrogen and oxygen atoms in total. The van der Waals surface area contributed by atoms with E-state index in [0.717, 1.165) is 12.8 Å². The largest absolute Gasteiger partial charge is 0.414 e. The first-order valence-electron chi connectivity index (χ1n) is 14.2. The minimum atomic E-state index is -1.92. The van der Waals surface area contributed by atoms with Crippen LogP contribution in [-0.2, 0) is 13.9 Å². The topological polar surface area (TPSA) is 47.9 Å². The van der Waals surface area contributed by atoms with E-state index in [-0.39, 0.29) is 17.2 Å². The zero-order valence-electron chi connectivity index (χ0n) is 24.0. The lowest BCUT2D eigenvalue weighted by Crippen LogP contribution is -2.45. The van der Waals surface area contributed by atoms with Crippen LogP contribution in [0, 0.1) is 0 Å². The van der Waals surface area contributed by atoms with Crippen LogP contribution >= 0.6 is 0 Å². The smallest absolute Gasteiger partial charge is 0.192 e. The maximum Gasteiger partial charge on any atom is 0.192 e. The van der Waals surface area contributed by atoms with Gasteiger partial charge in [0.05, 0.1) is 18.8 Å². The van der Waals surface area contributed by atoms with E-state index < -0.39 is 20.2 Å². The molecule has 0 aromatic carbocycles. The summed E-state index contributed by atoms with van der Waals surface area (Å²) in [7, 11) is -1.92. The molecule has 1 aliphatic heterocycles. The van der Waals surface area contributed by atoms with Gasteiger partial charge in [0.15, 0.2) is 14.1 Å². The van der Waals surface area contributed by atoms with E-state index >= 15 is 0 Å². The van der Waals surface area contributed by atoms with Crippen LogP contribution in [0.5, 0.6) is 0 Å². The Hall–Kier alpha value is -0.203. The Morgan fingerprint density at radius 1 is 0.971 bits per heavy atom. The summed E-state index contributed by atoms with van der Waals surface area (Å²) in [5.74, 6) is -0.615. The molecular weight excluding hydrogens is 440 g/mol. The van der Waals surface area contributed by atoms with Crippen LogP contribution in [0.3, 0.4) is 0 Å². The van der Waals surface area contributed by atoms with Gasteiger partial charge in [0.25, 0.3) is 0 Å². The lowest BCUT2D eigenvalue weighted by Gasteiger charge is -2.40. The van der Waals surface area contributed by atoms with E-state index in [2.05, 4.69) is 52.9 Å². The van der Waals surface area contributed by atoms with Gasteiger partial charge in [-0.05, 0) is 51.2 Å². The Bertz CT molecular complexity index is 553. The highest BCUT2D eigenvalue weighted by molar-refractivity contribution is 6.74. The van der Waals surface area contributed by atoms with Gasteiger partial charge in [-0.3, -0.25) is 0 Å². The molecule has 1 fully saturated rings. The van der Waals surface area contributed by atoms with Crippen molar-refractivity contribution in [1.82, 2.24) is 0 Å². The van der Waals surface area contributed by atoms with Crippen molar-refractivity contribution in [3.63, 3.8) is 0 Å². The first-order chi connectivity index (χ1) is 15.9. The third-order valence-electron chi connectivity index (χ3n) is 7.52. The average Bonchev–Trinajstić information content (AvgIpc) is 3.10. The quantitative estimate of drug-likeness (QED) is 0.117. The molecule has 0 unspecified atom stereocenters. The average molecular weight is 499 g/mol. The number of ether oxygens (including phenoxy) is 2. The summed E-state index contributed by atoms with van der Waals surface area (Å²) in [5, 5.41) is 11.0. The van der Waals surface area contributed by atoms with Gasteiger partial charge in [-0.25, -0.2) is 0 Å². The number of rotatable bonds is 18. The van der Waals surface area contributed by atoms with Crippen molar-refractivity contribution in [3.8, 4) is 0 Å². The van der Waals surface area contributed by atoms with Crippen LogP contribution in [0.15, 0.2) is 12.2 Å². The molecule has 0 aromatic heterocycles. The van der Waals surface area contributed by atoms with Gasteiger partial charge in [-0.1, -0.05) is 97.6 Å². The van der Waals surface area contributed by atoms with Gasteiger partial charge in [0, 0.05) is 6.42 Å². The summed E-state index contributed by atoms with van der Waals surface area (Å²) in [6.45, 7) is 17.9. The zero-order chi connectivity index (χ0) is 25.7. The number of hydrogen-bond donors (Lipinski definition) is 1. The second-order valence-corrected chi connectivity index (χ2v) is 17.1. The Morgan fingerprint density at radius 3 is 2.03 bits per heavy atom. The van der Waals surface area contributed by atoms with E-state index in [1.165, 1.54) is 64.2 Å². The van der Waals surface area contributed by atoms with Gasteiger partial charge in [0.2, 0.25) is 0 Å². The first-order valence-corrected chi connectivity index (χ1v) is 17.1. The molecule has 1 heterocycles. The summed E-state index contributed by atoms with van der Waals surface area (Å²) in [5.41, 5.74) is 0. The molecule has 0 amide bonds. The lowest BCUT2D eigenvalue weighted by atomic mass is 10.0. The second-order valence-electron chi connectivity index (χ2n) is 12.3. The van der Waals surface area contributed by atoms with Crippen molar-refractivity contribution in [3.05, 3.63) is 12.2 Å². The molecule has 34 heavy (non-hydrogen) atoms. The molecule has 1 N–H and O–H groups in total. The van der Waals surface area contributed by atoms with Crippen molar-refractivity contribution in [2.24, 2.45) is 0 Å². The Morgan fingerprint density at radius 2 is 1.53 bits per heavy atom. The molecule has 1 aliphatic rings. The summed E-state index contributed by atoms with van der Waals surface area (Å²) >= 11 is 0. The maximum atomic E-state index is 10.9. The van der Waals surface area contributed by atoms with Gasteiger partial charge in [-0.15, -0.1) is 0 Å². The Kier molecular flexibility index (Phi) is 14.8. The molecule has 202 valence electrons. The fourth-order valence-electron chi connectivity index (χ4n) is 4.23. The molecule has 1 rings (SSSR count). The van der Waals surface area contributed by atoms with Gasteiger partial charge in [0.1, 0.15) is 6.10 Å². The van der Waals surface area contributed by atoms with Crippen LogP contribution in [0.1, 0.15) is 125 Å². The summed E-state index contributed by atoms with van der Waals surface area (Å²) in [4.78, 5) is 0. The monoisotopic (exact) mass is 498 g/mol. The van der Waals surface area contributed by atoms with E-state index in [0.29, 0.717) is 13.0 Å². The van der Waals surface area contributed by atoms with Crippen LogP contribution in [0.25, 0.3) is 0 Å². The predicted octanol–water partition coefficient (Wildman–Crippen LogP) is 8.54. The molecule has 0 aliphatic carbocycles. The van der Waals surface area contributed by atoms with Crippen molar-refractivity contribution in [2.45, 2.75) is 167 Å². The van der Waals surface area contributed by atoms with Gasteiger partial charge >= 0.3 is 0 Å². The normalized spacial score (nSPS) is 20.8. The van der Waals surface area contributed by atoms with Crippen molar-refractivity contribution < 1.29 is 19.0 Å². The standard InChI is InChI=1S/C29H58O4Si/c1-9-10-11-12-13-14-15-16-17-18-19-20-21-22-25(33-34(7,8)28(2,3)4)23-26(30)27-24-31-29(5,6)32-27/h20-21,25-27,30H,9-19,22-24H2,1-8H3/b21-20+/t25-,26+,27-/m1/s1. The molecule has 5 heteroatoms. The third kappa shape index (κ3) is 13.2. The highest BCUT2D eigenvalue weighted by Gasteiger charge is 2.41. The fourth-order valence-corrected chi connectivity index (χ4v) is 5.61. The van der Waals surface area contributed by atoms with Crippen LogP contribution < -0.4 is 0 Å². The molecule has 0 saturated carbocycles. The van der Waals surface area contributed by atoms with Crippen molar-refractivity contribution >= 4 is 8.32 Å². The molecule has 1 saturated heterocycles. The number of unbranched alkanes of at least 4 members (excludes halogenated alkanes) is 10. The fraction of sp³-hybridized carbons (Fsp3) is 0.931. The van der Waals surface area contributed by atoms with E-state index in [1.54, 1.807) is 0 Å². The molecular formula is C29H58O4Si. The second kappa shape index (κ2) is 15.8. The van der Waals surface area contributed by atoms with Crippen LogP contribution in [0.2, 0.25) is 18.1 Å². The van der Waals surface area contributed by atoms with Crippen molar-refractivity contribution in [2.75, 3.05) is 6.61 Å². The summed E-state index contributed by atoms with van der Waals surface area (Å²) in [6, 6.07) is 0. The highest BCUT2D eigenvalue weighted by atomic mass is 28.4. The molecule has 0 bridgehead atoms. The molecule has 0 aromatic rings. The zero-order valence-corrected chi connectivity index (χ0v) is 25.0. The highest BCUT2D eigenvalue weighted by Crippen LogP contribution is 2.38. The lowest BCUT2D eigenvalue weighted by molar-refractivity contribution is -0.153. The van der Waals surface area contributed by atoms with Gasteiger partial charge < -0.3 is 19.0 Å². The summed E-state index contributed by atoms with van der Waals surface area (Å²) < 4.78 is 18.3. The van der Waals surface area contributed by atoms with Crippen LogP contribution in [0.4, 0.5) is 0 Å². The molecule has 3 atom stereocenters. The number of hydrogen-bond acceptors (Lipinski definition) is 4. The van der Waals surface area contributed by atoms with Gasteiger partial charge in [-0.2, -0.15) is 0 Å². The minimum absolute atomic E-state index is 0.00663. The maximum absolute atomic E-state index is 10.9. The number of aliphatic hydroxyl groups is 1. The summed E-state index contributed by atoms with van der Waals surface area (Å²) in [6.07, 6.45) is 20.0. The first kappa shape index (κ1) is 31.8. The Labute approximate surface area is 213 Å². The SMILES string of the molecule is CCCCCCCCCCCC/C=C/C[C@H](C[C@H](O)[C@H]1COC(C)(C)O1)O[Si](C)(C)C(C)(C)C. The number of aliphatic hydroxyl groups excluding tert-OH is 1. The van der Waals surface area contributed by atoms with Crippen LogP contribution in [-0.4, -0.2) is 44.1 Å². The third-order valence-corrected chi connectivity index (χ3v) is 12.1. The molecule has 0 spiro atoms. The Balaban J connectivity index is 2.40. The minimum Gasteiger partial charge on any atom is -0.414 e. The number of allylic oxidation sites excluding steroid dienone is 1. The molecule has 0 radical (unpaired) electrons. The van der Waals surface area contributed by atoms with E-state index in [9.17, 15) is 5.11 Å². The van der Waals surface area contributed by atoms with Crippen molar-refractivity contribution in [1.29, 1.82) is 0 Å².